The zero-order valence-corrected chi connectivity index (χ0v) is 10.4. The molecule has 1 aromatic rings. The van der Waals surface area contributed by atoms with Crippen molar-refractivity contribution in [3.63, 3.8) is 0 Å². The van der Waals surface area contributed by atoms with Crippen LogP contribution < -0.4 is 4.90 Å². The molecule has 4 nitrogen and oxygen atoms in total. The zero-order chi connectivity index (χ0) is 13.1. The zero-order valence-electron chi connectivity index (χ0n) is 10.4. The summed E-state index contributed by atoms with van der Waals surface area (Å²) in [4.78, 5) is 26.4. The number of hydrogen-bond acceptors (Lipinski definition) is 3. The fourth-order valence-electron chi connectivity index (χ4n) is 3.36. The highest BCUT2D eigenvalue weighted by atomic mass is 16.5. The lowest BCUT2D eigenvalue weighted by Crippen LogP contribution is -2.34. The third kappa shape index (κ3) is 1.27. The van der Waals surface area contributed by atoms with Gasteiger partial charge in [-0.2, -0.15) is 0 Å². The molecule has 4 heteroatoms. The van der Waals surface area contributed by atoms with Crippen LogP contribution in [0.3, 0.4) is 0 Å². The van der Waals surface area contributed by atoms with Crippen molar-refractivity contribution in [2.24, 2.45) is 11.8 Å². The Morgan fingerprint density at radius 2 is 1.58 bits per heavy atom. The highest BCUT2D eigenvalue weighted by Crippen LogP contribution is 2.46. The van der Waals surface area contributed by atoms with Crippen LogP contribution in [-0.4, -0.2) is 24.0 Å². The van der Waals surface area contributed by atoms with Gasteiger partial charge in [0, 0.05) is 0 Å². The Balaban J connectivity index is 1.79. The molecular weight excluding hydrogens is 242 g/mol. The third-order valence-electron chi connectivity index (χ3n) is 4.27. The topological polar surface area (TPSA) is 46.6 Å². The molecule has 96 valence electrons. The van der Waals surface area contributed by atoms with Gasteiger partial charge in [0.15, 0.2) is 0 Å². The van der Waals surface area contributed by atoms with Crippen LogP contribution in [0.15, 0.2) is 36.4 Å². The molecule has 3 heterocycles. The fraction of sp³-hybridized carbons (Fsp3) is 0.333. The number of carbonyl (C=O) groups is 2. The summed E-state index contributed by atoms with van der Waals surface area (Å²) in [5, 5.41) is 0. The van der Waals surface area contributed by atoms with Gasteiger partial charge in [-0.25, -0.2) is 4.90 Å². The van der Waals surface area contributed by atoms with Crippen LogP contribution >= 0.6 is 0 Å². The van der Waals surface area contributed by atoms with Gasteiger partial charge in [0.1, 0.15) is 0 Å². The molecule has 0 aromatic heterocycles. The Kier molecular flexibility index (Phi) is 2.04. The second-order valence-corrected chi connectivity index (χ2v) is 5.30. The second kappa shape index (κ2) is 3.54. The van der Waals surface area contributed by atoms with Gasteiger partial charge >= 0.3 is 0 Å². The van der Waals surface area contributed by atoms with Crippen molar-refractivity contribution in [3.05, 3.63) is 42.0 Å². The van der Waals surface area contributed by atoms with E-state index < -0.39 is 0 Å². The van der Waals surface area contributed by atoms with E-state index in [4.69, 9.17) is 4.74 Å². The van der Waals surface area contributed by atoms with Gasteiger partial charge in [-0.05, 0) is 18.6 Å². The van der Waals surface area contributed by atoms with Crippen LogP contribution in [0.1, 0.15) is 5.56 Å². The van der Waals surface area contributed by atoms with E-state index in [1.165, 1.54) is 4.90 Å². The van der Waals surface area contributed by atoms with Crippen molar-refractivity contribution in [2.45, 2.75) is 19.1 Å². The number of carbonyl (C=O) groups excluding carboxylic acids is 2. The minimum atomic E-state index is -0.331. The Hall–Kier alpha value is -1.94. The number of rotatable bonds is 1. The van der Waals surface area contributed by atoms with Crippen LogP contribution in [0.4, 0.5) is 5.69 Å². The van der Waals surface area contributed by atoms with Crippen molar-refractivity contribution in [1.82, 2.24) is 0 Å². The van der Waals surface area contributed by atoms with E-state index in [1.54, 1.807) is 0 Å². The first-order chi connectivity index (χ1) is 9.18. The molecule has 2 fully saturated rings. The molecule has 1 aromatic carbocycles. The molecule has 0 unspecified atom stereocenters. The average molecular weight is 255 g/mol. The Labute approximate surface area is 110 Å². The van der Waals surface area contributed by atoms with Gasteiger partial charge in [-0.3, -0.25) is 9.59 Å². The van der Waals surface area contributed by atoms with Crippen LogP contribution in [-0.2, 0) is 14.3 Å². The number of para-hydroxylation sites is 1. The standard InChI is InChI=1S/C15H13NO3/c1-8-4-2-3-5-9(8)16-14(17)12-10-6-7-11(19-10)13(12)15(16)18/h2-7,10-13H,1H3/t10-,11-,12-,13-/m0/s1. The van der Waals surface area contributed by atoms with Crippen LogP contribution in [0, 0.1) is 18.8 Å². The van der Waals surface area contributed by atoms with Gasteiger partial charge < -0.3 is 4.74 Å². The molecule has 3 aliphatic heterocycles. The highest BCUT2D eigenvalue weighted by Gasteiger charge is 2.61. The van der Waals surface area contributed by atoms with Crippen molar-refractivity contribution in [3.8, 4) is 0 Å². The summed E-state index contributed by atoms with van der Waals surface area (Å²) < 4.78 is 5.62. The largest absolute Gasteiger partial charge is 0.365 e. The second-order valence-electron chi connectivity index (χ2n) is 5.30. The van der Waals surface area contributed by atoms with E-state index in [2.05, 4.69) is 0 Å². The quantitative estimate of drug-likeness (QED) is 0.563. The lowest BCUT2D eigenvalue weighted by Gasteiger charge is -2.19. The molecule has 3 aliphatic rings. The Morgan fingerprint density at radius 3 is 2.16 bits per heavy atom. The molecule has 4 rings (SSSR count). The van der Waals surface area contributed by atoms with Crippen LogP contribution in [0.2, 0.25) is 0 Å². The number of benzene rings is 1. The van der Waals surface area contributed by atoms with E-state index in [9.17, 15) is 9.59 Å². The van der Waals surface area contributed by atoms with Crippen LogP contribution in [0.5, 0.6) is 0 Å². The number of ether oxygens (including phenoxy) is 1. The maximum atomic E-state index is 12.5. The van der Waals surface area contributed by atoms with Gasteiger partial charge in [-0.1, -0.05) is 30.4 Å². The molecule has 2 amide bonds. The first-order valence-corrected chi connectivity index (χ1v) is 6.46. The first kappa shape index (κ1) is 10.9. The number of aryl methyl sites for hydroxylation is 1. The summed E-state index contributed by atoms with van der Waals surface area (Å²) in [6, 6.07) is 7.48. The van der Waals surface area contributed by atoms with Crippen molar-refractivity contribution < 1.29 is 14.3 Å². The number of imide groups is 1. The van der Waals surface area contributed by atoms with Crippen molar-refractivity contribution in [2.75, 3.05) is 4.90 Å². The maximum absolute atomic E-state index is 12.5. The molecule has 0 radical (unpaired) electrons. The SMILES string of the molecule is Cc1ccccc1N1C(=O)[C@@H]2[C@@H](C1=O)[C@@H]1C=C[C@@H]2O1. The summed E-state index contributed by atoms with van der Waals surface area (Å²) in [6.45, 7) is 1.91. The van der Waals surface area contributed by atoms with E-state index in [1.807, 2.05) is 43.3 Å². The monoisotopic (exact) mass is 255 g/mol. The summed E-state index contributed by atoms with van der Waals surface area (Å²) in [5.74, 6) is -0.911. The maximum Gasteiger partial charge on any atom is 0.240 e. The minimum absolute atomic E-state index is 0.124. The fourth-order valence-corrected chi connectivity index (χ4v) is 3.36. The smallest absolute Gasteiger partial charge is 0.240 e. The lowest BCUT2D eigenvalue weighted by molar-refractivity contribution is -0.124. The molecule has 0 spiro atoms. The summed E-state index contributed by atoms with van der Waals surface area (Å²) in [6.07, 6.45) is 3.36. The van der Waals surface area contributed by atoms with Crippen LogP contribution in [0.25, 0.3) is 0 Å². The molecule has 2 saturated heterocycles. The van der Waals surface area contributed by atoms with Crippen molar-refractivity contribution in [1.29, 1.82) is 0 Å². The number of amides is 2. The number of fused-ring (bicyclic) bond motifs is 5. The molecular formula is C15H13NO3. The van der Waals surface area contributed by atoms with Gasteiger partial charge in [-0.15, -0.1) is 0 Å². The predicted molar refractivity (Wildman–Crippen MR) is 68.5 cm³/mol. The average Bonchev–Trinajstić information content (AvgIpc) is 3.06. The van der Waals surface area contributed by atoms with Gasteiger partial charge in [0.25, 0.3) is 0 Å². The first-order valence-electron chi connectivity index (χ1n) is 6.46. The van der Waals surface area contributed by atoms with E-state index in [0.717, 1.165) is 5.56 Å². The minimum Gasteiger partial charge on any atom is -0.365 e. The number of hydrogen-bond donors (Lipinski definition) is 0. The molecule has 4 atom stereocenters. The highest BCUT2D eigenvalue weighted by molar-refractivity contribution is 6.23. The lowest BCUT2D eigenvalue weighted by atomic mass is 9.85. The number of anilines is 1. The molecule has 0 aliphatic carbocycles. The predicted octanol–water partition coefficient (Wildman–Crippen LogP) is 1.44. The third-order valence-corrected chi connectivity index (χ3v) is 4.27. The van der Waals surface area contributed by atoms with Gasteiger partial charge in [0.05, 0.1) is 29.7 Å². The number of nitrogens with zero attached hydrogens (tertiary/aromatic N) is 1. The molecule has 0 saturated carbocycles. The summed E-state index contributed by atoms with van der Waals surface area (Å²) in [7, 11) is 0. The summed E-state index contributed by atoms with van der Waals surface area (Å²) >= 11 is 0. The Bertz CT molecular complexity index is 592. The van der Waals surface area contributed by atoms with Crippen molar-refractivity contribution >= 4 is 17.5 Å². The molecule has 19 heavy (non-hydrogen) atoms. The van der Waals surface area contributed by atoms with E-state index in [-0.39, 0.29) is 35.9 Å². The molecule has 2 bridgehead atoms. The normalized spacial score (nSPS) is 35.3. The summed E-state index contributed by atoms with van der Waals surface area (Å²) in [5.41, 5.74) is 1.64. The van der Waals surface area contributed by atoms with E-state index in [0.29, 0.717) is 5.69 Å². The van der Waals surface area contributed by atoms with Gasteiger partial charge in [0.2, 0.25) is 11.8 Å². The molecule has 0 N–H and O–H groups in total. The Morgan fingerprint density at radius 1 is 1.00 bits per heavy atom. The van der Waals surface area contributed by atoms with E-state index >= 15 is 0 Å².